The van der Waals surface area contributed by atoms with Gasteiger partial charge in [0.05, 0.1) is 36.0 Å². The van der Waals surface area contributed by atoms with E-state index in [1.54, 1.807) is 15.9 Å². The molecule has 0 fully saturated rings. The molecule has 13 aromatic rings. The van der Waals surface area contributed by atoms with Gasteiger partial charge in [-0.1, -0.05) is 164 Å². The van der Waals surface area contributed by atoms with E-state index in [-0.39, 0.29) is 58.1 Å². The second-order valence-corrected chi connectivity index (χ2v) is 16.5. The summed E-state index contributed by atoms with van der Waals surface area (Å²) in [6, 6.07) is 56.9. The van der Waals surface area contributed by atoms with Crippen LogP contribution in [0.3, 0.4) is 0 Å². The minimum Gasteiger partial charge on any atom is -0.309 e. The fourth-order valence-electron chi connectivity index (χ4n) is 9.26. The molecule has 0 aliphatic heterocycles. The molecule has 9 aromatic carbocycles. The van der Waals surface area contributed by atoms with Crippen LogP contribution in [0.4, 0.5) is 0 Å². The fraction of sp³-hybridized carbons (Fsp3) is 0. The van der Waals surface area contributed by atoms with Gasteiger partial charge < -0.3 is 9.13 Å². The van der Waals surface area contributed by atoms with Gasteiger partial charge in [-0.15, -0.1) is 11.3 Å². The number of para-hydroxylation sites is 6. The topological polar surface area (TPSA) is 48.5 Å². The highest BCUT2D eigenvalue weighted by Gasteiger charge is 2.25. The van der Waals surface area contributed by atoms with Crippen molar-refractivity contribution in [1.29, 1.82) is 0 Å². The quantitative estimate of drug-likeness (QED) is 0.168. The van der Waals surface area contributed by atoms with Crippen LogP contribution in [0.2, 0.25) is 0 Å². The van der Waals surface area contributed by atoms with E-state index in [4.69, 9.17) is 17.7 Å². The molecule has 0 saturated carbocycles. The molecule has 0 amide bonds. The van der Waals surface area contributed by atoms with E-state index in [9.17, 15) is 5.48 Å². The summed E-state index contributed by atoms with van der Waals surface area (Å²) in [5.41, 5.74) is 7.67. The first-order valence-corrected chi connectivity index (χ1v) is 21.5. The van der Waals surface area contributed by atoms with Crippen molar-refractivity contribution in [3.05, 3.63) is 212 Å². The van der Waals surface area contributed by atoms with Crippen LogP contribution in [0.5, 0.6) is 0 Å². The summed E-state index contributed by atoms with van der Waals surface area (Å²) in [6.45, 7) is 0. The van der Waals surface area contributed by atoms with Gasteiger partial charge in [-0.05, 0) is 48.5 Å². The van der Waals surface area contributed by atoms with Crippen molar-refractivity contribution in [1.82, 2.24) is 24.1 Å². The third-order valence-electron chi connectivity index (χ3n) is 11.9. The molecule has 0 bridgehead atoms. The molecule has 6 heteroatoms. The molecule has 5 nitrogen and oxygen atoms in total. The molecular formula is C57H35N5S. The molecule has 4 aromatic heterocycles. The Kier molecular flexibility index (Phi) is 6.75. The van der Waals surface area contributed by atoms with Gasteiger partial charge in [0.2, 0.25) is 0 Å². The van der Waals surface area contributed by atoms with Crippen LogP contribution in [0, 0.1) is 0 Å². The third-order valence-corrected chi connectivity index (χ3v) is 13.2. The summed E-state index contributed by atoms with van der Waals surface area (Å²) in [4.78, 5) is 16.0. The highest BCUT2D eigenvalue weighted by atomic mass is 32.1. The Balaban J connectivity index is 1.20. The Morgan fingerprint density at radius 3 is 1.73 bits per heavy atom. The molecule has 13 rings (SSSR count). The van der Waals surface area contributed by atoms with Crippen LogP contribution < -0.4 is 0 Å². The van der Waals surface area contributed by atoms with Crippen molar-refractivity contribution >= 4 is 75.1 Å². The SMILES string of the molecule is [2H]c1cc([2H])c2c(c1[2H])c1c([2H])c([2H])cc([2H])c1n2-c1c(-c2nc(-c3ccccc3)nc(-c3cccc4c5ccccc5n(-c5ccccc5)c34)n2)cccc1-c1cccc2c1sc1ccccc12. The second kappa shape index (κ2) is 14.2. The minimum absolute atomic E-state index is 0.0601. The van der Waals surface area contributed by atoms with E-state index >= 15 is 0 Å². The number of thiophene rings is 1. The monoisotopic (exact) mass is 827 g/mol. The minimum atomic E-state index is -0.190. The highest BCUT2D eigenvalue weighted by Crippen LogP contribution is 2.46. The summed E-state index contributed by atoms with van der Waals surface area (Å²) in [7, 11) is 0. The van der Waals surface area contributed by atoms with E-state index in [2.05, 4.69) is 65.2 Å². The Labute approximate surface area is 374 Å². The number of nitrogens with zero attached hydrogens (tertiary/aromatic N) is 5. The largest absolute Gasteiger partial charge is 0.309 e. The zero-order valence-corrected chi connectivity index (χ0v) is 34.2. The van der Waals surface area contributed by atoms with Gasteiger partial charge in [-0.2, -0.15) is 0 Å². The van der Waals surface area contributed by atoms with E-state index in [0.717, 1.165) is 69.9 Å². The van der Waals surface area contributed by atoms with Gasteiger partial charge in [0.15, 0.2) is 17.5 Å². The lowest BCUT2D eigenvalue weighted by Crippen LogP contribution is -2.05. The Bertz CT molecular complexity index is 4210. The maximum atomic E-state index is 9.54. The number of aromatic nitrogens is 5. The average molecular weight is 828 g/mol. The summed E-state index contributed by atoms with van der Waals surface area (Å²) >= 11 is 1.68. The van der Waals surface area contributed by atoms with Gasteiger partial charge in [-0.3, -0.25) is 0 Å². The fourth-order valence-corrected chi connectivity index (χ4v) is 10.5. The van der Waals surface area contributed by atoms with Crippen molar-refractivity contribution in [3.8, 4) is 56.7 Å². The number of hydrogen-bond donors (Lipinski definition) is 0. The smallest absolute Gasteiger partial charge is 0.166 e. The molecule has 63 heavy (non-hydrogen) atoms. The van der Waals surface area contributed by atoms with E-state index < -0.39 is 0 Å². The lowest BCUT2D eigenvalue weighted by atomic mass is 9.97. The van der Waals surface area contributed by atoms with Crippen LogP contribution in [-0.2, 0) is 0 Å². The third kappa shape index (κ3) is 5.52. The molecule has 0 aliphatic carbocycles. The van der Waals surface area contributed by atoms with Crippen LogP contribution >= 0.6 is 11.3 Å². The Morgan fingerprint density at radius 2 is 0.952 bits per heavy atom. The molecule has 0 N–H and O–H groups in total. The summed E-state index contributed by atoms with van der Waals surface area (Å²) in [5.74, 6) is 1.18. The standard InChI is InChI=1S/C57H35N5S/c1-3-18-36(19-4-1)55-58-56(46-30-15-26-42-40-24-9-11-32-48(40)61(52(42)46)37-20-5-2-6-21-37)60-57(59-55)47-31-16-27-43(45-29-17-28-44-41-25-10-14-35-51(41)63-54(44)45)53(47)62-49-33-12-7-22-38(49)39-23-8-13-34-50(39)62/h1-35H/i7D,8D,22D,23D,33D,34D. The van der Waals surface area contributed by atoms with Crippen molar-refractivity contribution in [2.75, 3.05) is 0 Å². The maximum Gasteiger partial charge on any atom is 0.166 e. The molecule has 294 valence electrons. The number of hydrogen-bond acceptors (Lipinski definition) is 4. The average Bonchev–Trinajstić information content (AvgIpc) is 4.07. The number of rotatable bonds is 6. The first-order valence-electron chi connectivity index (χ1n) is 23.7. The predicted molar refractivity (Wildman–Crippen MR) is 263 cm³/mol. The normalized spacial score (nSPS) is 13.1. The van der Waals surface area contributed by atoms with Crippen LogP contribution in [0.25, 0.3) is 120 Å². The van der Waals surface area contributed by atoms with Gasteiger partial charge in [0, 0.05) is 75.2 Å². The van der Waals surface area contributed by atoms with Crippen LogP contribution in [-0.4, -0.2) is 24.1 Å². The number of benzene rings is 9. The molecule has 0 unspecified atom stereocenters. The molecular weight excluding hydrogens is 787 g/mol. The van der Waals surface area contributed by atoms with Gasteiger partial charge in [-0.25, -0.2) is 15.0 Å². The van der Waals surface area contributed by atoms with Gasteiger partial charge in [0.25, 0.3) is 0 Å². The molecule has 0 aliphatic rings. The summed E-state index contributed by atoms with van der Waals surface area (Å²) in [6.07, 6.45) is 0. The van der Waals surface area contributed by atoms with Crippen molar-refractivity contribution in [2.45, 2.75) is 0 Å². The maximum absolute atomic E-state index is 9.54. The second-order valence-electron chi connectivity index (χ2n) is 15.4. The highest BCUT2D eigenvalue weighted by molar-refractivity contribution is 7.26. The Morgan fingerprint density at radius 1 is 0.381 bits per heavy atom. The number of fused-ring (bicyclic) bond motifs is 9. The lowest BCUT2D eigenvalue weighted by Gasteiger charge is -2.19. The van der Waals surface area contributed by atoms with Crippen molar-refractivity contribution < 1.29 is 8.22 Å². The summed E-state index contributed by atoms with van der Waals surface area (Å²) in [5, 5.41) is 4.64. The molecule has 0 radical (unpaired) electrons. The zero-order valence-electron chi connectivity index (χ0n) is 39.4. The molecule has 0 saturated heterocycles. The molecule has 4 heterocycles. The first kappa shape index (κ1) is 29.9. The van der Waals surface area contributed by atoms with Gasteiger partial charge in [0.1, 0.15) is 0 Å². The van der Waals surface area contributed by atoms with Crippen molar-refractivity contribution in [3.63, 3.8) is 0 Å². The van der Waals surface area contributed by atoms with Crippen LogP contribution in [0.1, 0.15) is 8.22 Å². The predicted octanol–water partition coefficient (Wildman–Crippen LogP) is 15.1. The van der Waals surface area contributed by atoms with E-state index in [1.165, 1.54) is 12.1 Å². The zero-order chi connectivity index (χ0) is 46.7. The van der Waals surface area contributed by atoms with Gasteiger partial charge >= 0.3 is 0 Å². The Hall–Kier alpha value is -8.19. The molecule has 0 atom stereocenters. The van der Waals surface area contributed by atoms with Crippen LogP contribution in [0.15, 0.2) is 212 Å². The van der Waals surface area contributed by atoms with E-state index in [1.807, 2.05) is 103 Å². The lowest BCUT2D eigenvalue weighted by molar-refractivity contribution is 1.06. The first-order chi connectivity index (χ1) is 33.7. The summed E-state index contributed by atoms with van der Waals surface area (Å²) < 4.78 is 61.4. The molecule has 0 spiro atoms. The van der Waals surface area contributed by atoms with Crippen molar-refractivity contribution in [2.24, 2.45) is 0 Å². The van der Waals surface area contributed by atoms with E-state index in [0.29, 0.717) is 28.7 Å².